The topological polar surface area (TPSA) is 71.1 Å². The maximum atomic E-state index is 12.5. The molecule has 21 heavy (non-hydrogen) atoms. The third kappa shape index (κ3) is 3.81. The van der Waals surface area contributed by atoms with Crippen LogP contribution in [0.4, 0.5) is 5.69 Å². The standard InChI is InChI=1S/C14H16BrN3O2S/c1-10-7-11(9-16-2)8-13(14(10)15)21(19,20)18-12-3-5-17-6-4-12/h3-8,16H,9H2,1-2H3,(H,17,18). The van der Waals surface area contributed by atoms with Crippen LogP contribution in [0.2, 0.25) is 0 Å². The van der Waals surface area contributed by atoms with Crippen molar-refractivity contribution < 1.29 is 8.42 Å². The molecular formula is C14H16BrN3O2S. The van der Waals surface area contributed by atoms with E-state index in [9.17, 15) is 8.42 Å². The van der Waals surface area contributed by atoms with Crippen LogP contribution in [0.1, 0.15) is 11.1 Å². The second-order valence-corrected chi connectivity index (χ2v) is 7.04. The number of hydrogen-bond acceptors (Lipinski definition) is 4. The molecule has 0 bridgehead atoms. The number of aryl methyl sites for hydroxylation is 1. The van der Waals surface area contributed by atoms with E-state index in [-0.39, 0.29) is 4.90 Å². The van der Waals surface area contributed by atoms with Gasteiger partial charge in [-0.05, 0) is 59.2 Å². The molecule has 0 fully saturated rings. The second kappa shape index (κ2) is 6.55. The first kappa shape index (κ1) is 15.9. The molecule has 0 aliphatic heterocycles. The monoisotopic (exact) mass is 369 g/mol. The number of pyridine rings is 1. The van der Waals surface area contributed by atoms with Crippen molar-refractivity contribution >= 4 is 31.6 Å². The molecule has 0 atom stereocenters. The molecule has 2 N–H and O–H groups in total. The van der Waals surface area contributed by atoms with Crippen LogP contribution in [0, 0.1) is 6.92 Å². The molecule has 0 aliphatic carbocycles. The lowest BCUT2D eigenvalue weighted by atomic mass is 10.1. The van der Waals surface area contributed by atoms with Crippen molar-refractivity contribution in [2.45, 2.75) is 18.4 Å². The normalized spacial score (nSPS) is 11.4. The quantitative estimate of drug-likeness (QED) is 0.849. The van der Waals surface area contributed by atoms with Crippen LogP contribution in [-0.2, 0) is 16.6 Å². The van der Waals surface area contributed by atoms with Crippen molar-refractivity contribution in [2.75, 3.05) is 11.8 Å². The molecule has 112 valence electrons. The summed E-state index contributed by atoms with van der Waals surface area (Å²) in [6.45, 7) is 2.47. The van der Waals surface area contributed by atoms with Gasteiger partial charge in [0.2, 0.25) is 0 Å². The van der Waals surface area contributed by atoms with Gasteiger partial charge in [0, 0.05) is 23.4 Å². The van der Waals surface area contributed by atoms with Gasteiger partial charge in [0.15, 0.2) is 0 Å². The lowest BCUT2D eigenvalue weighted by Gasteiger charge is -2.13. The average Bonchev–Trinajstić information content (AvgIpc) is 2.43. The number of aromatic nitrogens is 1. The molecule has 2 aromatic rings. The number of anilines is 1. The first-order valence-corrected chi connectivity index (χ1v) is 8.58. The Balaban J connectivity index is 2.44. The van der Waals surface area contributed by atoms with Gasteiger partial charge in [-0.3, -0.25) is 9.71 Å². The molecule has 0 amide bonds. The first-order valence-electron chi connectivity index (χ1n) is 6.30. The number of nitrogens with one attached hydrogen (secondary N) is 2. The predicted octanol–water partition coefficient (Wildman–Crippen LogP) is 2.67. The highest BCUT2D eigenvalue weighted by Gasteiger charge is 2.20. The molecule has 0 saturated carbocycles. The largest absolute Gasteiger partial charge is 0.316 e. The van der Waals surface area contributed by atoms with Crippen LogP contribution in [0.25, 0.3) is 0 Å². The third-order valence-electron chi connectivity index (χ3n) is 2.88. The molecule has 0 saturated heterocycles. The Labute approximate surface area is 133 Å². The molecule has 0 aliphatic rings. The van der Waals surface area contributed by atoms with Gasteiger partial charge in [0.05, 0.1) is 5.69 Å². The summed E-state index contributed by atoms with van der Waals surface area (Å²) in [5.41, 5.74) is 2.26. The van der Waals surface area contributed by atoms with Crippen molar-refractivity contribution in [2.24, 2.45) is 0 Å². The van der Waals surface area contributed by atoms with Gasteiger partial charge in [0.25, 0.3) is 10.0 Å². The van der Waals surface area contributed by atoms with Gasteiger partial charge in [-0.2, -0.15) is 0 Å². The lowest BCUT2D eigenvalue weighted by Crippen LogP contribution is -2.15. The van der Waals surface area contributed by atoms with Crippen LogP contribution in [0.3, 0.4) is 0 Å². The summed E-state index contributed by atoms with van der Waals surface area (Å²) in [5, 5.41) is 3.02. The van der Waals surface area contributed by atoms with E-state index >= 15 is 0 Å². The summed E-state index contributed by atoms with van der Waals surface area (Å²) in [7, 11) is -1.84. The number of nitrogens with zero attached hydrogens (tertiary/aromatic N) is 1. The highest BCUT2D eigenvalue weighted by atomic mass is 79.9. The summed E-state index contributed by atoms with van der Waals surface area (Å²) in [6.07, 6.45) is 3.07. The smallest absolute Gasteiger partial charge is 0.263 e. The Kier molecular flexibility index (Phi) is 4.97. The van der Waals surface area contributed by atoms with Crippen molar-refractivity contribution in [3.05, 3.63) is 52.3 Å². The van der Waals surface area contributed by atoms with Gasteiger partial charge in [-0.15, -0.1) is 0 Å². The van der Waals surface area contributed by atoms with Crippen molar-refractivity contribution in [1.29, 1.82) is 0 Å². The highest BCUT2D eigenvalue weighted by molar-refractivity contribution is 9.10. The van der Waals surface area contributed by atoms with Gasteiger partial charge < -0.3 is 5.32 Å². The zero-order chi connectivity index (χ0) is 15.5. The Morgan fingerprint density at radius 2 is 1.90 bits per heavy atom. The summed E-state index contributed by atoms with van der Waals surface area (Å²) in [4.78, 5) is 4.09. The molecule has 1 aromatic carbocycles. The minimum Gasteiger partial charge on any atom is -0.316 e. The highest BCUT2D eigenvalue weighted by Crippen LogP contribution is 2.28. The fourth-order valence-electron chi connectivity index (χ4n) is 1.94. The predicted molar refractivity (Wildman–Crippen MR) is 86.7 cm³/mol. The number of hydrogen-bond donors (Lipinski definition) is 2. The van der Waals surface area contributed by atoms with Crippen molar-refractivity contribution in [1.82, 2.24) is 10.3 Å². The number of sulfonamides is 1. The summed E-state index contributed by atoms with van der Waals surface area (Å²) < 4.78 is 28.2. The maximum Gasteiger partial charge on any atom is 0.263 e. The minimum absolute atomic E-state index is 0.226. The molecular weight excluding hydrogens is 354 g/mol. The van der Waals surface area contributed by atoms with Crippen LogP contribution < -0.4 is 10.0 Å². The van der Waals surface area contributed by atoms with Gasteiger partial charge in [-0.1, -0.05) is 6.07 Å². The van der Waals surface area contributed by atoms with Crippen molar-refractivity contribution in [3.63, 3.8) is 0 Å². The van der Waals surface area contributed by atoms with Gasteiger partial charge in [-0.25, -0.2) is 8.42 Å². The fraction of sp³-hybridized carbons (Fsp3) is 0.214. The molecule has 5 nitrogen and oxygen atoms in total. The molecule has 2 rings (SSSR count). The molecule has 1 heterocycles. The Morgan fingerprint density at radius 1 is 1.24 bits per heavy atom. The molecule has 1 aromatic heterocycles. The summed E-state index contributed by atoms with van der Waals surface area (Å²) >= 11 is 3.36. The van der Waals surface area contributed by atoms with E-state index < -0.39 is 10.0 Å². The molecule has 0 spiro atoms. The zero-order valence-corrected chi connectivity index (χ0v) is 14.1. The Morgan fingerprint density at radius 3 is 2.52 bits per heavy atom. The van der Waals surface area contributed by atoms with E-state index in [2.05, 4.69) is 31.0 Å². The van der Waals surface area contributed by atoms with E-state index in [1.54, 1.807) is 18.2 Å². The maximum absolute atomic E-state index is 12.5. The SMILES string of the molecule is CNCc1cc(C)c(Br)c(S(=O)(=O)Nc2ccncc2)c1. The van der Waals surface area contributed by atoms with E-state index in [0.717, 1.165) is 11.1 Å². The summed E-state index contributed by atoms with van der Waals surface area (Å²) in [6, 6.07) is 6.83. The van der Waals surface area contributed by atoms with Crippen molar-refractivity contribution in [3.8, 4) is 0 Å². The van der Waals surface area contributed by atoms with E-state index in [1.807, 2.05) is 20.0 Å². The molecule has 0 unspecified atom stereocenters. The lowest BCUT2D eigenvalue weighted by molar-refractivity contribution is 0.600. The Hall–Kier alpha value is -1.44. The van der Waals surface area contributed by atoms with E-state index in [1.165, 1.54) is 12.4 Å². The van der Waals surface area contributed by atoms with Crippen LogP contribution in [0.5, 0.6) is 0 Å². The number of benzene rings is 1. The van der Waals surface area contributed by atoms with E-state index in [4.69, 9.17) is 0 Å². The average molecular weight is 370 g/mol. The van der Waals surface area contributed by atoms with Gasteiger partial charge >= 0.3 is 0 Å². The summed E-state index contributed by atoms with van der Waals surface area (Å²) in [5.74, 6) is 0. The zero-order valence-electron chi connectivity index (χ0n) is 11.7. The third-order valence-corrected chi connectivity index (χ3v) is 5.60. The minimum atomic E-state index is -3.66. The van der Waals surface area contributed by atoms with Crippen LogP contribution >= 0.6 is 15.9 Å². The van der Waals surface area contributed by atoms with Crippen LogP contribution in [-0.4, -0.2) is 20.4 Å². The molecule has 7 heteroatoms. The number of rotatable bonds is 5. The number of halogens is 1. The fourth-order valence-corrected chi connectivity index (χ4v) is 4.07. The molecule has 0 radical (unpaired) electrons. The first-order chi connectivity index (χ1) is 9.94. The van der Waals surface area contributed by atoms with E-state index in [0.29, 0.717) is 16.7 Å². The van der Waals surface area contributed by atoms with Gasteiger partial charge in [0.1, 0.15) is 4.90 Å². The Bertz CT molecular complexity index is 733. The second-order valence-electron chi connectivity index (χ2n) is 4.60. The van der Waals surface area contributed by atoms with Crippen LogP contribution in [0.15, 0.2) is 46.0 Å².